The van der Waals surface area contributed by atoms with E-state index in [1.54, 1.807) is 23.0 Å². The Hall–Kier alpha value is -3.52. The largest absolute Gasteiger partial charge is 0.336 e. The van der Waals surface area contributed by atoms with Gasteiger partial charge in [0.1, 0.15) is 0 Å². The van der Waals surface area contributed by atoms with Gasteiger partial charge in [-0.3, -0.25) is 4.79 Å². The summed E-state index contributed by atoms with van der Waals surface area (Å²) in [6.45, 7) is 5.75. The molecule has 0 unspecified atom stereocenters. The summed E-state index contributed by atoms with van der Waals surface area (Å²) in [5.74, 6) is -0.0960. The molecule has 30 heavy (non-hydrogen) atoms. The lowest BCUT2D eigenvalue weighted by molar-refractivity contribution is 0.104. The van der Waals surface area contributed by atoms with Gasteiger partial charge in [0.25, 0.3) is 0 Å². The number of nitrogens with zero attached hydrogens (tertiary/aromatic N) is 3. The summed E-state index contributed by atoms with van der Waals surface area (Å²) in [6, 6.07) is 11.0. The molecule has 2 N–H and O–H groups in total. The Balaban J connectivity index is 1.73. The van der Waals surface area contributed by atoms with E-state index < -0.39 is 0 Å². The number of hydrogen-bond acceptors (Lipinski definition) is 5. The number of urea groups is 1. The van der Waals surface area contributed by atoms with Crippen molar-refractivity contribution in [2.75, 3.05) is 5.32 Å². The Morgan fingerprint density at radius 1 is 1.17 bits per heavy atom. The lowest BCUT2D eigenvalue weighted by Gasteiger charge is -2.13. The molecule has 0 atom stereocenters. The lowest BCUT2D eigenvalue weighted by Crippen LogP contribution is -2.34. The third-order valence-corrected chi connectivity index (χ3v) is 5.46. The molecule has 0 aliphatic carbocycles. The third-order valence-electron chi connectivity index (χ3n) is 4.59. The summed E-state index contributed by atoms with van der Waals surface area (Å²) in [7, 11) is 0. The highest BCUT2D eigenvalue weighted by atomic mass is 32.1. The van der Waals surface area contributed by atoms with Gasteiger partial charge in [-0.2, -0.15) is 5.10 Å². The third kappa shape index (κ3) is 3.81. The quantitative estimate of drug-likeness (QED) is 0.465. The molecule has 4 aromatic rings. The van der Waals surface area contributed by atoms with E-state index >= 15 is 0 Å². The normalized spacial score (nSPS) is 11.1. The SMILES string of the molecule is Cc1ccc(-c2ccnc3c(C(=O)c4cccs4)cnn23)cc1NC(=O)NC(C)C. The zero-order valence-electron chi connectivity index (χ0n) is 16.8. The first-order chi connectivity index (χ1) is 14.4. The number of carbonyl (C=O) groups excluding carboxylic acids is 2. The Morgan fingerprint density at radius 3 is 2.73 bits per heavy atom. The highest BCUT2D eigenvalue weighted by Crippen LogP contribution is 2.27. The molecule has 3 aromatic heterocycles. The molecule has 0 radical (unpaired) electrons. The second kappa shape index (κ2) is 8.08. The second-order valence-electron chi connectivity index (χ2n) is 7.21. The fourth-order valence-corrected chi connectivity index (χ4v) is 3.83. The van der Waals surface area contributed by atoms with E-state index in [0.29, 0.717) is 21.8 Å². The average molecular weight is 420 g/mol. The summed E-state index contributed by atoms with van der Waals surface area (Å²) >= 11 is 1.39. The van der Waals surface area contributed by atoms with Crippen molar-refractivity contribution in [3.05, 3.63) is 70.2 Å². The minimum Gasteiger partial charge on any atom is -0.336 e. The number of aryl methyl sites for hydroxylation is 1. The first-order valence-electron chi connectivity index (χ1n) is 9.53. The van der Waals surface area contributed by atoms with Crippen LogP contribution in [-0.2, 0) is 0 Å². The van der Waals surface area contributed by atoms with E-state index in [1.807, 2.05) is 56.5 Å². The maximum atomic E-state index is 12.8. The average Bonchev–Trinajstić information content (AvgIpc) is 3.38. The van der Waals surface area contributed by atoms with E-state index in [9.17, 15) is 9.59 Å². The van der Waals surface area contributed by atoms with Crippen molar-refractivity contribution in [1.29, 1.82) is 0 Å². The highest BCUT2D eigenvalue weighted by Gasteiger charge is 2.19. The van der Waals surface area contributed by atoms with Crippen LogP contribution in [0.2, 0.25) is 0 Å². The van der Waals surface area contributed by atoms with Crippen molar-refractivity contribution in [3.8, 4) is 11.3 Å². The molecule has 7 nitrogen and oxygen atoms in total. The van der Waals surface area contributed by atoms with Gasteiger partial charge in [0.15, 0.2) is 5.65 Å². The van der Waals surface area contributed by atoms with Gasteiger partial charge in [-0.05, 0) is 49.9 Å². The van der Waals surface area contributed by atoms with Crippen LogP contribution < -0.4 is 10.6 Å². The predicted octanol–water partition coefficient (Wildman–Crippen LogP) is 4.53. The molecule has 0 fully saturated rings. The monoisotopic (exact) mass is 419 g/mol. The maximum Gasteiger partial charge on any atom is 0.319 e. The molecule has 8 heteroatoms. The molecule has 0 saturated heterocycles. The summed E-state index contributed by atoms with van der Waals surface area (Å²) in [6.07, 6.45) is 3.22. The number of nitrogens with one attached hydrogen (secondary N) is 2. The summed E-state index contributed by atoms with van der Waals surface area (Å²) in [4.78, 5) is 30.0. The molecule has 0 bridgehead atoms. The van der Waals surface area contributed by atoms with Crippen LogP contribution >= 0.6 is 11.3 Å². The van der Waals surface area contributed by atoms with Crippen molar-refractivity contribution in [3.63, 3.8) is 0 Å². The molecule has 2 amide bonds. The zero-order valence-corrected chi connectivity index (χ0v) is 17.7. The van der Waals surface area contributed by atoms with Gasteiger partial charge in [-0.1, -0.05) is 18.2 Å². The second-order valence-corrected chi connectivity index (χ2v) is 8.16. The number of aromatic nitrogens is 3. The topological polar surface area (TPSA) is 88.4 Å². The van der Waals surface area contributed by atoms with E-state index in [1.165, 1.54) is 11.3 Å². The molecular weight excluding hydrogens is 398 g/mol. The first kappa shape index (κ1) is 19.8. The molecule has 0 aliphatic heterocycles. The summed E-state index contributed by atoms with van der Waals surface area (Å²) < 4.78 is 1.66. The van der Waals surface area contributed by atoms with Crippen LogP contribution in [0.25, 0.3) is 16.9 Å². The number of fused-ring (bicyclic) bond motifs is 1. The fourth-order valence-electron chi connectivity index (χ4n) is 3.15. The zero-order chi connectivity index (χ0) is 21.3. The Labute approximate surface area is 177 Å². The van der Waals surface area contributed by atoms with Crippen molar-refractivity contribution >= 4 is 34.5 Å². The van der Waals surface area contributed by atoms with Gasteiger partial charge in [0, 0.05) is 23.5 Å². The molecule has 152 valence electrons. The number of amides is 2. The van der Waals surface area contributed by atoms with E-state index in [2.05, 4.69) is 20.7 Å². The number of anilines is 1. The fraction of sp³-hybridized carbons (Fsp3) is 0.182. The van der Waals surface area contributed by atoms with Gasteiger partial charge >= 0.3 is 6.03 Å². The molecule has 4 rings (SSSR count). The molecule has 0 saturated carbocycles. The van der Waals surface area contributed by atoms with Gasteiger partial charge in [0.2, 0.25) is 5.78 Å². The Bertz CT molecular complexity index is 1230. The van der Waals surface area contributed by atoms with Crippen LogP contribution in [-0.4, -0.2) is 32.5 Å². The van der Waals surface area contributed by atoms with E-state index in [0.717, 1.165) is 16.8 Å². The van der Waals surface area contributed by atoms with E-state index in [4.69, 9.17) is 0 Å². The highest BCUT2D eigenvalue weighted by molar-refractivity contribution is 7.12. The van der Waals surface area contributed by atoms with E-state index in [-0.39, 0.29) is 17.9 Å². The molecular formula is C22H21N5O2S. The predicted molar refractivity (Wildman–Crippen MR) is 118 cm³/mol. The van der Waals surface area contributed by atoms with Crippen LogP contribution in [0.3, 0.4) is 0 Å². The Kier molecular flexibility index (Phi) is 5.33. The van der Waals surface area contributed by atoms with Crippen molar-refractivity contribution in [2.45, 2.75) is 26.8 Å². The van der Waals surface area contributed by atoms with Crippen LogP contribution in [0, 0.1) is 6.92 Å². The Morgan fingerprint density at radius 2 is 2.00 bits per heavy atom. The lowest BCUT2D eigenvalue weighted by atomic mass is 10.1. The van der Waals surface area contributed by atoms with Gasteiger partial charge < -0.3 is 10.6 Å². The number of ketones is 1. The summed E-state index contributed by atoms with van der Waals surface area (Å²) in [5.41, 5.74) is 4.23. The van der Waals surface area contributed by atoms with Crippen molar-refractivity contribution < 1.29 is 9.59 Å². The first-order valence-corrected chi connectivity index (χ1v) is 10.4. The van der Waals surface area contributed by atoms with Gasteiger partial charge in [-0.25, -0.2) is 14.3 Å². The molecule has 0 spiro atoms. The van der Waals surface area contributed by atoms with Gasteiger partial charge in [0.05, 0.1) is 22.3 Å². The van der Waals surface area contributed by atoms with Crippen LogP contribution in [0.4, 0.5) is 10.5 Å². The van der Waals surface area contributed by atoms with Gasteiger partial charge in [-0.15, -0.1) is 11.3 Å². The number of benzene rings is 1. The minimum atomic E-state index is -0.256. The maximum absolute atomic E-state index is 12.8. The number of hydrogen-bond donors (Lipinski definition) is 2. The number of carbonyl (C=O) groups is 2. The summed E-state index contributed by atoms with van der Waals surface area (Å²) in [5, 5.41) is 12.0. The molecule has 0 aliphatic rings. The smallest absolute Gasteiger partial charge is 0.319 e. The standard InChI is InChI=1S/C22H21N5O2S/c1-13(2)25-22(29)26-17-11-15(7-6-14(17)3)18-8-9-23-21-16(12-24-27(18)21)20(28)19-5-4-10-30-19/h4-13H,1-3H3,(H2,25,26,29). The van der Waals surface area contributed by atoms with Crippen molar-refractivity contribution in [1.82, 2.24) is 19.9 Å². The molecule has 3 heterocycles. The van der Waals surface area contributed by atoms with Crippen LogP contribution in [0.5, 0.6) is 0 Å². The van der Waals surface area contributed by atoms with Crippen LogP contribution in [0.1, 0.15) is 34.6 Å². The molecule has 1 aromatic carbocycles. The van der Waals surface area contributed by atoms with Crippen molar-refractivity contribution in [2.24, 2.45) is 0 Å². The number of rotatable bonds is 5. The van der Waals surface area contributed by atoms with Crippen LogP contribution in [0.15, 0.2) is 54.2 Å². The number of thiophene rings is 1. The minimum absolute atomic E-state index is 0.0386.